The lowest BCUT2D eigenvalue weighted by Crippen LogP contribution is -2.52. The number of benzene rings is 3. The zero-order valence-corrected chi connectivity index (χ0v) is 45.9. The summed E-state index contributed by atoms with van der Waals surface area (Å²) in [7, 11) is -2.31. The molecule has 8 rings (SSSR count). The van der Waals surface area contributed by atoms with Crippen LogP contribution in [-0.4, -0.2) is 79.1 Å². The van der Waals surface area contributed by atoms with Gasteiger partial charge in [0.1, 0.15) is 36.8 Å². The quantitative estimate of drug-likeness (QED) is 0.0431. The molecule has 74 heavy (non-hydrogen) atoms. The summed E-state index contributed by atoms with van der Waals surface area (Å²) in [6, 6.07) is 24.3. The fourth-order valence-electron chi connectivity index (χ4n) is 10.5. The van der Waals surface area contributed by atoms with Gasteiger partial charge in [0.25, 0.3) is 0 Å². The van der Waals surface area contributed by atoms with Crippen molar-refractivity contribution >= 4 is 43.2 Å². The molecule has 3 heterocycles. The molecule has 2 N–H and O–H groups in total. The Bertz CT molecular complexity index is 2820. The van der Waals surface area contributed by atoms with E-state index in [-0.39, 0.29) is 53.9 Å². The van der Waals surface area contributed by atoms with Crippen molar-refractivity contribution in [1.82, 2.24) is 20.2 Å². The first kappa shape index (κ1) is 54.4. The Kier molecular flexibility index (Phi) is 16.8. The average molecular weight is 1030 g/mol. The van der Waals surface area contributed by atoms with Crippen LogP contribution in [0, 0.1) is 23.7 Å². The molecular formula is C59H76N4O10Si. The minimum atomic E-state index is -2.31. The lowest BCUT2D eigenvalue weighted by molar-refractivity contribution is -0.158. The van der Waals surface area contributed by atoms with E-state index in [1.807, 2.05) is 82.3 Å². The van der Waals surface area contributed by atoms with Gasteiger partial charge in [0.15, 0.2) is 14.1 Å². The minimum absolute atomic E-state index is 0.102. The highest BCUT2D eigenvalue weighted by Gasteiger charge is 2.46. The third-order valence-electron chi connectivity index (χ3n) is 15.9. The Labute approximate surface area is 436 Å². The fourth-order valence-corrected chi connectivity index (χ4v) is 11.5. The first-order valence-corrected chi connectivity index (χ1v) is 29.7. The average Bonchev–Trinajstić information content (AvgIpc) is 4.18. The molecule has 2 aromatic heterocycles. The van der Waals surface area contributed by atoms with Crippen molar-refractivity contribution in [1.29, 1.82) is 0 Å². The Morgan fingerprint density at radius 1 is 0.838 bits per heavy atom. The molecular weight excluding hydrogens is 953 g/mol. The number of unbranched alkanes of at least 4 members (excludes halogenated alkanes) is 2. The van der Waals surface area contributed by atoms with E-state index < -0.39 is 74.3 Å². The molecule has 1 saturated carbocycles. The molecule has 14 nitrogen and oxygen atoms in total. The maximum Gasteiger partial charge on any atom is 0.407 e. The summed E-state index contributed by atoms with van der Waals surface area (Å²) in [5.74, 6) is -2.96. The molecule has 0 radical (unpaired) electrons. The predicted octanol–water partition coefficient (Wildman–Crippen LogP) is 11.3. The molecule has 1 saturated heterocycles. The number of furan rings is 1. The van der Waals surface area contributed by atoms with E-state index in [0.717, 1.165) is 47.1 Å². The van der Waals surface area contributed by atoms with Crippen LogP contribution in [-0.2, 0) is 39.4 Å². The van der Waals surface area contributed by atoms with Crippen LogP contribution in [0.1, 0.15) is 129 Å². The summed E-state index contributed by atoms with van der Waals surface area (Å²) in [4.78, 5) is 74.6. The summed E-state index contributed by atoms with van der Waals surface area (Å²) in [6.07, 6.45) is 4.70. The second-order valence-electron chi connectivity index (χ2n) is 22.8. The second-order valence-corrected chi connectivity index (χ2v) is 27.6. The first-order valence-electron chi connectivity index (χ1n) is 26.8. The lowest BCUT2D eigenvalue weighted by atomic mass is 9.84. The third kappa shape index (κ3) is 12.0. The van der Waals surface area contributed by atoms with Crippen molar-refractivity contribution in [2.75, 3.05) is 13.2 Å². The number of amides is 2. The topological polar surface area (TPSA) is 177 Å². The van der Waals surface area contributed by atoms with E-state index in [0.29, 0.717) is 30.4 Å². The summed E-state index contributed by atoms with van der Waals surface area (Å²) in [5.41, 5.74) is 6.15. The molecule has 4 unspecified atom stereocenters. The van der Waals surface area contributed by atoms with E-state index in [1.165, 1.54) is 16.6 Å². The zero-order valence-electron chi connectivity index (χ0n) is 44.9. The van der Waals surface area contributed by atoms with Crippen LogP contribution < -0.4 is 16.3 Å². The van der Waals surface area contributed by atoms with Gasteiger partial charge in [-0.15, -0.1) is 0 Å². The SMILES string of the molecule is CCCCCc1ccc(-c2cc3cn([C@H]4C[C@@H](OC(=O)C(NC(=O)C5CCCC5C(=O)C(NC(=O)OCC5c6ccccc6-c6ccccc65)C(C)C)C(C)C)[C@@H](CO[Si](C)(C)C(C)(C)C)O4)c(=O)nc3o2)cc1. The van der Waals surface area contributed by atoms with Crippen molar-refractivity contribution in [3.8, 4) is 22.5 Å². The van der Waals surface area contributed by atoms with Crippen molar-refractivity contribution in [2.24, 2.45) is 23.7 Å². The molecule has 2 fully saturated rings. The molecule has 15 heteroatoms. The number of fused-ring (bicyclic) bond motifs is 4. The smallest absolute Gasteiger partial charge is 0.407 e. The number of aryl methyl sites for hydroxylation is 1. The lowest BCUT2D eigenvalue weighted by Gasteiger charge is -2.37. The molecule has 0 bridgehead atoms. The zero-order chi connectivity index (χ0) is 53.1. The van der Waals surface area contributed by atoms with Gasteiger partial charge in [-0.05, 0) is 89.5 Å². The van der Waals surface area contributed by atoms with Crippen LogP contribution in [0.5, 0.6) is 0 Å². The minimum Gasteiger partial charge on any atom is -0.458 e. The number of Topliss-reactive ketones (excluding diaryl/α,β-unsaturated/α-hetero) is 1. The van der Waals surface area contributed by atoms with Crippen LogP contribution in [0.3, 0.4) is 0 Å². The maximum absolute atomic E-state index is 14.4. The van der Waals surface area contributed by atoms with Gasteiger partial charge in [0.2, 0.25) is 11.6 Å². The van der Waals surface area contributed by atoms with Crippen LogP contribution in [0.15, 0.2) is 94.3 Å². The molecule has 3 aromatic carbocycles. The van der Waals surface area contributed by atoms with Gasteiger partial charge in [-0.25, -0.2) is 14.4 Å². The highest BCUT2D eigenvalue weighted by atomic mass is 28.4. The van der Waals surface area contributed by atoms with Gasteiger partial charge in [-0.3, -0.25) is 14.2 Å². The third-order valence-corrected chi connectivity index (χ3v) is 20.4. The van der Waals surface area contributed by atoms with Gasteiger partial charge in [-0.1, -0.05) is 147 Å². The number of nitrogens with one attached hydrogen (secondary N) is 2. The standard InChI is InChI=1S/C59H76N4O10Si/c1-11-12-13-19-37-26-28-38(29-27-37)47-30-39-32-63(57(67)62-55(39)72-47)50-31-48(49(71-50)34-70-74(9,10)59(6,7)8)73-56(66)52(36(4)5)60-54(65)45-25-18-24-44(45)53(64)51(35(2)3)61-58(68)69-33-46-42-22-16-14-20-40(42)41-21-15-17-23-43(41)46/h14-17,20-23,26-30,32,35-36,44-46,48-52H,11-13,18-19,24-25,31,33-34H2,1-10H3,(H,60,65)(H,61,68)/t44?,45?,48-,49-,50-,51?,52?/m1/s1. The highest BCUT2D eigenvalue weighted by molar-refractivity contribution is 6.74. The molecule has 2 amide bonds. The van der Waals surface area contributed by atoms with E-state index in [1.54, 1.807) is 6.20 Å². The summed E-state index contributed by atoms with van der Waals surface area (Å²) in [5, 5.41) is 6.32. The number of hydrogen-bond donors (Lipinski definition) is 2. The van der Waals surface area contributed by atoms with Crippen molar-refractivity contribution in [3.05, 3.63) is 112 Å². The number of ether oxygens (including phenoxy) is 3. The first-order chi connectivity index (χ1) is 35.2. The van der Waals surface area contributed by atoms with Gasteiger partial charge in [0, 0.05) is 35.9 Å². The number of carbonyl (C=O) groups excluding carboxylic acids is 4. The van der Waals surface area contributed by atoms with Gasteiger partial charge in [0.05, 0.1) is 18.0 Å². The molecule has 1 aliphatic heterocycles. The van der Waals surface area contributed by atoms with Crippen LogP contribution >= 0.6 is 0 Å². The van der Waals surface area contributed by atoms with Gasteiger partial charge < -0.3 is 33.7 Å². The van der Waals surface area contributed by atoms with Crippen LogP contribution in [0.2, 0.25) is 18.1 Å². The Morgan fingerprint density at radius 3 is 2.12 bits per heavy atom. The molecule has 0 spiro atoms. The highest BCUT2D eigenvalue weighted by Crippen LogP contribution is 2.45. The van der Waals surface area contributed by atoms with E-state index in [2.05, 4.69) is 80.7 Å². The molecule has 7 atom stereocenters. The predicted molar refractivity (Wildman–Crippen MR) is 288 cm³/mol. The second kappa shape index (κ2) is 22.9. The fraction of sp³-hybridized carbons (Fsp3) is 0.525. The monoisotopic (exact) mass is 1030 g/mol. The molecule has 396 valence electrons. The number of alkyl carbamates (subject to hydrolysis) is 1. The van der Waals surface area contributed by atoms with E-state index in [9.17, 15) is 24.0 Å². The van der Waals surface area contributed by atoms with Crippen LogP contribution in [0.4, 0.5) is 4.79 Å². The van der Waals surface area contributed by atoms with E-state index in [4.69, 9.17) is 23.1 Å². The van der Waals surface area contributed by atoms with Gasteiger partial charge in [-0.2, -0.15) is 4.98 Å². The molecule has 3 aliphatic rings. The number of hydrogen-bond acceptors (Lipinski definition) is 11. The molecule has 5 aromatic rings. The van der Waals surface area contributed by atoms with Crippen molar-refractivity contribution in [3.63, 3.8) is 0 Å². The van der Waals surface area contributed by atoms with Crippen LogP contribution in [0.25, 0.3) is 33.6 Å². The Hall–Kier alpha value is -5.90. The van der Waals surface area contributed by atoms with Gasteiger partial charge >= 0.3 is 17.8 Å². The number of carbonyl (C=O) groups is 4. The summed E-state index contributed by atoms with van der Waals surface area (Å²) < 4.78 is 32.8. The van der Waals surface area contributed by atoms with Crippen molar-refractivity contribution in [2.45, 2.75) is 161 Å². The molecule has 2 aliphatic carbocycles. The number of nitrogens with zero attached hydrogens (tertiary/aromatic N) is 2. The van der Waals surface area contributed by atoms with E-state index >= 15 is 0 Å². The Morgan fingerprint density at radius 2 is 1.49 bits per heavy atom. The normalized spacial score (nSPS) is 20.6. The summed E-state index contributed by atoms with van der Waals surface area (Å²) >= 11 is 0. The number of aromatic nitrogens is 2. The largest absolute Gasteiger partial charge is 0.458 e. The Balaban J connectivity index is 0.936. The number of rotatable bonds is 20. The maximum atomic E-state index is 14.4. The van der Waals surface area contributed by atoms with Crippen molar-refractivity contribution < 1.29 is 42.2 Å². The number of ketones is 1. The number of esters is 1. The summed E-state index contributed by atoms with van der Waals surface area (Å²) in [6.45, 7) is 20.4.